The summed E-state index contributed by atoms with van der Waals surface area (Å²) in [5, 5.41) is 2.82. The predicted octanol–water partition coefficient (Wildman–Crippen LogP) is 2.68. The molecule has 2 N–H and O–H groups in total. The first-order chi connectivity index (χ1) is 10.4. The highest BCUT2D eigenvalue weighted by atomic mass is 32.2. The Morgan fingerprint density at radius 1 is 1.18 bits per heavy atom. The molecule has 0 spiro atoms. The number of amides is 1. The van der Waals surface area contributed by atoms with Crippen molar-refractivity contribution in [3.8, 4) is 0 Å². The van der Waals surface area contributed by atoms with Crippen LogP contribution in [0.4, 0.5) is 0 Å². The second-order valence-corrected chi connectivity index (χ2v) is 7.33. The molecule has 22 heavy (non-hydrogen) atoms. The lowest BCUT2D eigenvalue weighted by molar-refractivity contribution is 0.0952. The van der Waals surface area contributed by atoms with E-state index in [2.05, 4.69) is 17.0 Å². The monoisotopic (exact) mass is 326 g/mol. The van der Waals surface area contributed by atoms with Crippen molar-refractivity contribution in [2.75, 3.05) is 6.54 Å². The quantitative estimate of drug-likeness (QED) is 0.685. The van der Waals surface area contributed by atoms with Crippen molar-refractivity contribution in [1.82, 2.24) is 10.0 Å². The Labute approximate surface area is 133 Å². The van der Waals surface area contributed by atoms with E-state index >= 15 is 0 Å². The Morgan fingerprint density at radius 2 is 1.91 bits per heavy atom. The summed E-state index contributed by atoms with van der Waals surface area (Å²) in [6.45, 7) is 6.25. The van der Waals surface area contributed by atoms with Gasteiger partial charge in [-0.3, -0.25) is 4.79 Å². The fourth-order valence-electron chi connectivity index (χ4n) is 2.04. The molecule has 0 bridgehead atoms. The minimum atomic E-state index is -3.58. The highest BCUT2D eigenvalue weighted by Gasteiger charge is 2.17. The largest absolute Gasteiger partial charge is 0.352 e. The molecule has 1 amide bonds. The summed E-state index contributed by atoms with van der Waals surface area (Å²) in [5.74, 6) is -0.238. The number of nitrogens with one attached hydrogen (secondary N) is 2. The van der Waals surface area contributed by atoms with Gasteiger partial charge in [0.25, 0.3) is 5.91 Å². The Hall–Kier alpha value is -1.40. The maximum absolute atomic E-state index is 12.1. The van der Waals surface area contributed by atoms with Crippen LogP contribution < -0.4 is 10.0 Å². The summed E-state index contributed by atoms with van der Waals surface area (Å²) < 4.78 is 26.7. The average Bonchev–Trinajstić information content (AvgIpc) is 2.45. The molecule has 0 aliphatic carbocycles. The minimum Gasteiger partial charge on any atom is -0.352 e. The molecule has 0 atom stereocenters. The van der Waals surface area contributed by atoms with Gasteiger partial charge in [0, 0.05) is 18.2 Å². The van der Waals surface area contributed by atoms with Gasteiger partial charge in [-0.05, 0) is 38.5 Å². The van der Waals surface area contributed by atoms with Crippen molar-refractivity contribution in [1.29, 1.82) is 0 Å². The Kier molecular flexibility index (Phi) is 7.55. The Bertz CT molecular complexity index is 583. The summed E-state index contributed by atoms with van der Waals surface area (Å²) in [7, 11) is -3.58. The van der Waals surface area contributed by atoms with Crippen LogP contribution in [0, 0.1) is 0 Å². The molecular weight excluding hydrogens is 300 g/mol. The second-order valence-electron chi connectivity index (χ2n) is 5.62. The van der Waals surface area contributed by atoms with Gasteiger partial charge in [0.2, 0.25) is 10.0 Å². The van der Waals surface area contributed by atoms with Gasteiger partial charge in [0.05, 0.1) is 4.90 Å². The van der Waals surface area contributed by atoms with Crippen LogP contribution in [0.1, 0.15) is 56.8 Å². The summed E-state index contributed by atoms with van der Waals surface area (Å²) in [4.78, 5) is 12.2. The Morgan fingerprint density at radius 3 is 2.55 bits per heavy atom. The van der Waals surface area contributed by atoms with Gasteiger partial charge in [-0.25, -0.2) is 13.1 Å². The minimum absolute atomic E-state index is 0.111. The first-order valence-electron chi connectivity index (χ1n) is 7.77. The van der Waals surface area contributed by atoms with Gasteiger partial charge < -0.3 is 5.32 Å². The van der Waals surface area contributed by atoms with Crippen LogP contribution in [0.15, 0.2) is 29.2 Å². The second kappa shape index (κ2) is 8.90. The Balaban J connectivity index is 2.69. The van der Waals surface area contributed by atoms with Crippen LogP contribution in [-0.4, -0.2) is 26.9 Å². The van der Waals surface area contributed by atoms with Crippen LogP contribution in [-0.2, 0) is 10.0 Å². The highest BCUT2D eigenvalue weighted by Crippen LogP contribution is 2.12. The van der Waals surface area contributed by atoms with E-state index in [1.807, 2.05) is 0 Å². The first-order valence-corrected chi connectivity index (χ1v) is 9.25. The van der Waals surface area contributed by atoms with E-state index in [1.165, 1.54) is 12.1 Å². The number of hydrogen-bond donors (Lipinski definition) is 2. The molecule has 0 heterocycles. The number of carbonyl (C=O) groups is 1. The van der Waals surface area contributed by atoms with Crippen molar-refractivity contribution in [3.05, 3.63) is 29.8 Å². The zero-order valence-corrected chi connectivity index (χ0v) is 14.4. The van der Waals surface area contributed by atoms with Crippen molar-refractivity contribution in [3.63, 3.8) is 0 Å². The van der Waals surface area contributed by atoms with Crippen LogP contribution in [0.25, 0.3) is 0 Å². The third kappa shape index (κ3) is 6.15. The SMILES string of the molecule is CCCCCCNC(=O)c1cccc(S(=O)(=O)NC(C)C)c1. The van der Waals surface area contributed by atoms with Crippen LogP contribution in [0.5, 0.6) is 0 Å². The van der Waals surface area contributed by atoms with Crippen molar-refractivity contribution in [2.45, 2.75) is 57.4 Å². The topological polar surface area (TPSA) is 75.3 Å². The first kappa shape index (κ1) is 18.6. The molecular formula is C16H26N2O3S. The summed E-state index contributed by atoms with van der Waals surface area (Å²) >= 11 is 0. The van der Waals surface area contributed by atoms with Gasteiger partial charge in [-0.1, -0.05) is 32.3 Å². The van der Waals surface area contributed by atoms with Crippen molar-refractivity contribution >= 4 is 15.9 Å². The van der Waals surface area contributed by atoms with E-state index in [1.54, 1.807) is 26.0 Å². The van der Waals surface area contributed by atoms with Gasteiger partial charge in [-0.15, -0.1) is 0 Å². The van der Waals surface area contributed by atoms with Crippen LogP contribution in [0.2, 0.25) is 0 Å². The molecule has 1 aromatic rings. The van der Waals surface area contributed by atoms with E-state index in [0.717, 1.165) is 25.7 Å². The lowest BCUT2D eigenvalue weighted by atomic mass is 10.2. The molecule has 0 fully saturated rings. The fourth-order valence-corrected chi connectivity index (χ4v) is 3.34. The highest BCUT2D eigenvalue weighted by molar-refractivity contribution is 7.89. The smallest absolute Gasteiger partial charge is 0.251 e. The third-order valence-corrected chi connectivity index (χ3v) is 4.77. The van der Waals surface area contributed by atoms with E-state index < -0.39 is 10.0 Å². The molecule has 6 heteroatoms. The maximum atomic E-state index is 12.1. The van der Waals surface area contributed by atoms with Gasteiger partial charge in [0.15, 0.2) is 0 Å². The van der Waals surface area contributed by atoms with E-state index in [-0.39, 0.29) is 16.8 Å². The van der Waals surface area contributed by atoms with Gasteiger partial charge >= 0.3 is 0 Å². The molecule has 0 saturated carbocycles. The number of hydrogen-bond acceptors (Lipinski definition) is 3. The zero-order valence-electron chi connectivity index (χ0n) is 13.6. The number of carbonyl (C=O) groups excluding carboxylic acids is 1. The molecule has 1 aromatic carbocycles. The molecule has 0 aliphatic heterocycles. The van der Waals surface area contributed by atoms with E-state index in [0.29, 0.717) is 12.1 Å². The molecule has 5 nitrogen and oxygen atoms in total. The molecule has 0 aliphatic rings. The zero-order chi connectivity index (χ0) is 16.6. The number of unbranched alkanes of at least 4 members (excludes halogenated alkanes) is 3. The maximum Gasteiger partial charge on any atom is 0.251 e. The van der Waals surface area contributed by atoms with Crippen molar-refractivity contribution < 1.29 is 13.2 Å². The van der Waals surface area contributed by atoms with Crippen LogP contribution >= 0.6 is 0 Å². The summed E-state index contributed by atoms with van der Waals surface area (Å²) in [6, 6.07) is 5.91. The molecule has 124 valence electrons. The van der Waals surface area contributed by atoms with E-state index in [9.17, 15) is 13.2 Å². The predicted molar refractivity (Wildman–Crippen MR) is 88.4 cm³/mol. The van der Waals surface area contributed by atoms with Gasteiger partial charge in [0.1, 0.15) is 0 Å². The lowest BCUT2D eigenvalue weighted by Crippen LogP contribution is -2.30. The molecule has 0 saturated heterocycles. The summed E-state index contributed by atoms with van der Waals surface area (Å²) in [5.41, 5.74) is 0.363. The third-order valence-electron chi connectivity index (χ3n) is 3.11. The molecule has 0 radical (unpaired) electrons. The number of rotatable bonds is 9. The number of benzene rings is 1. The number of sulfonamides is 1. The van der Waals surface area contributed by atoms with E-state index in [4.69, 9.17) is 0 Å². The fraction of sp³-hybridized carbons (Fsp3) is 0.562. The average molecular weight is 326 g/mol. The molecule has 0 unspecified atom stereocenters. The van der Waals surface area contributed by atoms with Crippen molar-refractivity contribution in [2.24, 2.45) is 0 Å². The standard InChI is InChI=1S/C16H26N2O3S/c1-4-5-6-7-11-17-16(19)14-9-8-10-15(12-14)22(20,21)18-13(2)3/h8-10,12-13,18H,4-7,11H2,1-3H3,(H,17,19). The normalized spacial score (nSPS) is 11.6. The molecule has 1 rings (SSSR count). The molecule has 0 aromatic heterocycles. The summed E-state index contributed by atoms with van der Waals surface area (Å²) in [6.07, 6.45) is 4.33. The van der Waals surface area contributed by atoms with Crippen LogP contribution in [0.3, 0.4) is 0 Å². The lowest BCUT2D eigenvalue weighted by Gasteiger charge is -2.11. The van der Waals surface area contributed by atoms with Gasteiger partial charge in [-0.2, -0.15) is 0 Å².